The lowest BCUT2D eigenvalue weighted by molar-refractivity contribution is 0.0599. The van der Waals surface area contributed by atoms with Crippen molar-refractivity contribution in [2.75, 3.05) is 12.4 Å². The number of nitrogens with one attached hydrogen (secondary N) is 1. The number of aromatic nitrogens is 2. The van der Waals surface area contributed by atoms with Crippen LogP contribution in [0, 0.1) is 20.8 Å². The minimum Gasteiger partial charge on any atom is -0.465 e. The van der Waals surface area contributed by atoms with E-state index >= 15 is 0 Å². The van der Waals surface area contributed by atoms with E-state index in [0.29, 0.717) is 17.1 Å². The molecule has 1 N–H and O–H groups in total. The van der Waals surface area contributed by atoms with Crippen LogP contribution in [0.1, 0.15) is 46.0 Å². The highest BCUT2D eigenvalue weighted by molar-refractivity contribution is 5.90. The van der Waals surface area contributed by atoms with Gasteiger partial charge in [-0.1, -0.05) is 5.16 Å². The molecule has 0 amide bonds. The molecule has 0 bridgehead atoms. The zero-order chi connectivity index (χ0) is 15.6. The van der Waals surface area contributed by atoms with Gasteiger partial charge in [-0.2, -0.15) is 0 Å². The number of hydrogen-bond acceptors (Lipinski definition) is 6. The largest absolute Gasteiger partial charge is 0.465 e. The maximum Gasteiger partial charge on any atom is 0.339 e. The number of methoxy groups -OCH3 is 1. The first kappa shape index (κ1) is 15.0. The molecule has 21 heavy (non-hydrogen) atoms. The summed E-state index contributed by atoms with van der Waals surface area (Å²) in [5.74, 6) is 1.09. The van der Waals surface area contributed by atoms with Gasteiger partial charge in [-0.25, -0.2) is 9.78 Å². The van der Waals surface area contributed by atoms with Crippen molar-refractivity contribution < 1.29 is 14.1 Å². The molecule has 2 rings (SSSR count). The van der Waals surface area contributed by atoms with E-state index in [9.17, 15) is 4.79 Å². The van der Waals surface area contributed by atoms with Crippen LogP contribution >= 0.6 is 0 Å². The number of aryl methyl sites for hydroxylation is 3. The van der Waals surface area contributed by atoms with Gasteiger partial charge in [-0.05, 0) is 39.8 Å². The fourth-order valence-electron chi connectivity index (χ4n) is 2.37. The lowest BCUT2D eigenvalue weighted by Gasteiger charge is -2.15. The number of ether oxygens (including phenoxy) is 1. The fraction of sp³-hybridized carbons (Fsp3) is 0.400. The topological polar surface area (TPSA) is 77.2 Å². The summed E-state index contributed by atoms with van der Waals surface area (Å²) in [4.78, 5) is 15.9. The van der Waals surface area contributed by atoms with Gasteiger partial charge in [0.25, 0.3) is 0 Å². The number of esters is 1. The van der Waals surface area contributed by atoms with E-state index in [2.05, 4.69) is 15.5 Å². The van der Waals surface area contributed by atoms with E-state index in [0.717, 1.165) is 17.0 Å². The molecule has 2 aromatic heterocycles. The van der Waals surface area contributed by atoms with E-state index < -0.39 is 0 Å². The summed E-state index contributed by atoms with van der Waals surface area (Å²) in [7, 11) is 1.35. The minimum absolute atomic E-state index is 0.00660. The number of pyridine rings is 1. The second-order valence-corrected chi connectivity index (χ2v) is 4.92. The predicted molar refractivity (Wildman–Crippen MR) is 78.3 cm³/mol. The third-order valence-electron chi connectivity index (χ3n) is 3.38. The average molecular weight is 289 g/mol. The fourth-order valence-corrected chi connectivity index (χ4v) is 2.37. The Kier molecular flexibility index (Phi) is 4.26. The second-order valence-electron chi connectivity index (χ2n) is 4.92. The normalized spacial score (nSPS) is 12.0. The van der Waals surface area contributed by atoms with Crippen molar-refractivity contribution in [1.82, 2.24) is 10.1 Å². The average Bonchev–Trinajstić information content (AvgIpc) is 2.77. The van der Waals surface area contributed by atoms with Crippen LogP contribution in [0.25, 0.3) is 0 Å². The highest BCUT2D eigenvalue weighted by Crippen LogP contribution is 2.24. The molecule has 2 aromatic rings. The third kappa shape index (κ3) is 3.04. The molecule has 0 saturated carbocycles. The van der Waals surface area contributed by atoms with Crippen molar-refractivity contribution in [2.45, 2.75) is 33.7 Å². The first-order valence-corrected chi connectivity index (χ1v) is 6.69. The van der Waals surface area contributed by atoms with E-state index in [1.54, 1.807) is 19.1 Å². The Bertz CT molecular complexity index is 645. The maximum absolute atomic E-state index is 11.5. The van der Waals surface area contributed by atoms with Crippen molar-refractivity contribution >= 4 is 11.8 Å². The Morgan fingerprint density at radius 2 is 2.00 bits per heavy atom. The van der Waals surface area contributed by atoms with Gasteiger partial charge in [0.05, 0.1) is 30.1 Å². The lowest BCUT2D eigenvalue weighted by atomic mass is 10.1. The van der Waals surface area contributed by atoms with E-state index in [4.69, 9.17) is 9.26 Å². The second kappa shape index (κ2) is 5.95. The Labute approximate surface area is 123 Å². The van der Waals surface area contributed by atoms with Gasteiger partial charge >= 0.3 is 5.97 Å². The molecule has 112 valence electrons. The molecule has 0 saturated heterocycles. The molecular formula is C15H19N3O3. The molecule has 0 spiro atoms. The number of rotatable bonds is 4. The Morgan fingerprint density at radius 3 is 2.52 bits per heavy atom. The van der Waals surface area contributed by atoms with Crippen molar-refractivity contribution in [2.24, 2.45) is 0 Å². The van der Waals surface area contributed by atoms with Gasteiger partial charge in [-0.15, -0.1) is 0 Å². The maximum atomic E-state index is 11.5. The van der Waals surface area contributed by atoms with Crippen molar-refractivity contribution in [3.05, 3.63) is 40.4 Å². The smallest absolute Gasteiger partial charge is 0.339 e. The summed E-state index contributed by atoms with van der Waals surface area (Å²) in [6.45, 7) is 7.57. The van der Waals surface area contributed by atoms with Crippen LogP contribution in [-0.4, -0.2) is 23.2 Å². The molecule has 6 heteroatoms. The van der Waals surface area contributed by atoms with Gasteiger partial charge < -0.3 is 14.6 Å². The molecule has 6 nitrogen and oxygen atoms in total. The highest BCUT2D eigenvalue weighted by Gasteiger charge is 2.17. The van der Waals surface area contributed by atoms with Gasteiger partial charge in [0.2, 0.25) is 0 Å². The standard InChI is InChI=1S/C15H19N3O3/c1-8-12(15(19)20-5)6-7-13(16-8)17-9(2)14-10(3)18-21-11(14)4/h6-7,9H,1-5H3,(H,16,17). The van der Waals surface area contributed by atoms with Crippen LogP contribution < -0.4 is 5.32 Å². The molecule has 0 aliphatic heterocycles. The zero-order valence-corrected chi connectivity index (χ0v) is 12.9. The summed E-state index contributed by atoms with van der Waals surface area (Å²) < 4.78 is 9.88. The first-order valence-electron chi connectivity index (χ1n) is 6.69. The molecule has 1 atom stereocenters. The van der Waals surface area contributed by atoms with Gasteiger partial charge in [0, 0.05) is 5.56 Å². The Balaban J connectivity index is 2.21. The molecular weight excluding hydrogens is 270 g/mol. The Morgan fingerprint density at radius 1 is 1.29 bits per heavy atom. The summed E-state index contributed by atoms with van der Waals surface area (Å²) in [5, 5.41) is 7.24. The molecule has 0 fully saturated rings. The summed E-state index contributed by atoms with van der Waals surface area (Å²) in [5.41, 5.74) is 2.97. The van der Waals surface area contributed by atoms with E-state index in [1.807, 2.05) is 20.8 Å². The lowest BCUT2D eigenvalue weighted by Crippen LogP contribution is -2.11. The first-order chi connectivity index (χ1) is 9.93. The molecule has 0 aromatic carbocycles. The Hall–Kier alpha value is -2.37. The van der Waals surface area contributed by atoms with E-state index in [1.165, 1.54) is 7.11 Å². The minimum atomic E-state index is -0.384. The van der Waals surface area contributed by atoms with Crippen LogP contribution in [-0.2, 0) is 4.74 Å². The van der Waals surface area contributed by atoms with Gasteiger partial charge in [0.1, 0.15) is 11.6 Å². The third-order valence-corrected chi connectivity index (χ3v) is 3.38. The zero-order valence-electron chi connectivity index (χ0n) is 12.9. The number of hydrogen-bond donors (Lipinski definition) is 1. The van der Waals surface area contributed by atoms with Gasteiger partial charge in [-0.3, -0.25) is 0 Å². The van der Waals surface area contributed by atoms with Crippen LogP contribution in [0.4, 0.5) is 5.82 Å². The van der Waals surface area contributed by atoms with Gasteiger partial charge in [0.15, 0.2) is 0 Å². The molecule has 0 aliphatic carbocycles. The summed E-state index contributed by atoms with van der Waals surface area (Å²) in [6, 6.07) is 3.47. The monoisotopic (exact) mass is 289 g/mol. The number of carbonyl (C=O) groups is 1. The highest BCUT2D eigenvalue weighted by atomic mass is 16.5. The number of anilines is 1. The van der Waals surface area contributed by atoms with Crippen molar-refractivity contribution in [3.8, 4) is 0 Å². The molecule has 0 aliphatic rings. The predicted octanol–water partition coefficient (Wildman–Crippen LogP) is 2.95. The van der Waals surface area contributed by atoms with Crippen molar-refractivity contribution in [3.63, 3.8) is 0 Å². The number of nitrogens with zero attached hydrogens (tertiary/aromatic N) is 2. The molecule has 0 radical (unpaired) electrons. The number of carbonyl (C=O) groups excluding carboxylic acids is 1. The summed E-state index contributed by atoms with van der Waals surface area (Å²) >= 11 is 0. The van der Waals surface area contributed by atoms with Crippen LogP contribution in [0.2, 0.25) is 0 Å². The SMILES string of the molecule is COC(=O)c1ccc(NC(C)c2c(C)noc2C)nc1C. The molecule has 2 heterocycles. The quantitative estimate of drug-likeness (QED) is 0.872. The summed E-state index contributed by atoms with van der Waals surface area (Å²) in [6.07, 6.45) is 0. The van der Waals surface area contributed by atoms with Crippen LogP contribution in [0.5, 0.6) is 0 Å². The molecule has 1 unspecified atom stereocenters. The van der Waals surface area contributed by atoms with E-state index in [-0.39, 0.29) is 12.0 Å². The van der Waals surface area contributed by atoms with Crippen LogP contribution in [0.15, 0.2) is 16.7 Å². The van der Waals surface area contributed by atoms with Crippen molar-refractivity contribution in [1.29, 1.82) is 0 Å². The van der Waals surface area contributed by atoms with Crippen LogP contribution in [0.3, 0.4) is 0 Å².